The van der Waals surface area contributed by atoms with Gasteiger partial charge in [0.25, 0.3) is 0 Å². The molecule has 0 radical (unpaired) electrons. The molecule has 0 bridgehead atoms. The first-order valence-corrected chi connectivity index (χ1v) is 7.93. The third kappa shape index (κ3) is 2.61. The molecule has 5 heteroatoms. The predicted molar refractivity (Wildman–Crippen MR) is 82.4 cm³/mol. The molecule has 1 aliphatic rings. The molecule has 106 valence electrons. The van der Waals surface area contributed by atoms with Gasteiger partial charge in [-0.2, -0.15) is 5.10 Å². The van der Waals surface area contributed by atoms with Crippen molar-refractivity contribution in [2.45, 2.75) is 42.5 Å². The highest BCUT2D eigenvalue weighted by atomic mass is 32.2. The third-order valence-electron chi connectivity index (χ3n) is 3.69. The van der Waals surface area contributed by atoms with Crippen molar-refractivity contribution in [2.75, 3.05) is 0 Å². The van der Waals surface area contributed by atoms with Crippen LogP contribution in [0.5, 0.6) is 0 Å². The average Bonchev–Trinajstić information content (AvgIpc) is 3.07. The maximum atomic E-state index is 5.80. The molecular formula is C15H20N4S. The van der Waals surface area contributed by atoms with Crippen LogP contribution < -0.4 is 11.3 Å². The van der Waals surface area contributed by atoms with Crippen molar-refractivity contribution in [1.82, 2.24) is 15.2 Å². The first-order chi connectivity index (χ1) is 9.81. The number of nitrogens with two attached hydrogens (primary N) is 1. The molecular weight excluding hydrogens is 268 g/mol. The second-order valence-corrected chi connectivity index (χ2v) is 6.43. The van der Waals surface area contributed by atoms with E-state index in [1.807, 2.05) is 22.6 Å². The number of rotatable bonds is 5. The molecule has 20 heavy (non-hydrogen) atoms. The topological polar surface area (TPSA) is 55.9 Å². The van der Waals surface area contributed by atoms with Gasteiger partial charge in [0.15, 0.2) is 0 Å². The molecule has 2 unspecified atom stereocenters. The number of nitrogens with one attached hydrogen (secondary N) is 1. The van der Waals surface area contributed by atoms with Crippen LogP contribution in [0.3, 0.4) is 0 Å². The normalized spacial score (nSPS) is 19.0. The second-order valence-electron chi connectivity index (χ2n) is 5.15. The van der Waals surface area contributed by atoms with Crippen LogP contribution in [0.25, 0.3) is 0 Å². The second kappa shape index (κ2) is 5.99. The lowest BCUT2D eigenvalue weighted by Gasteiger charge is -2.20. The summed E-state index contributed by atoms with van der Waals surface area (Å²) in [6, 6.07) is 8.73. The average molecular weight is 288 g/mol. The molecule has 1 aliphatic heterocycles. The minimum Gasteiger partial charge on any atom is -0.272 e. The van der Waals surface area contributed by atoms with Gasteiger partial charge >= 0.3 is 0 Å². The number of hydrogen-bond donors (Lipinski definition) is 2. The Morgan fingerprint density at radius 2 is 2.35 bits per heavy atom. The van der Waals surface area contributed by atoms with Gasteiger partial charge in [0.1, 0.15) is 0 Å². The first kappa shape index (κ1) is 13.7. The summed E-state index contributed by atoms with van der Waals surface area (Å²) in [7, 11) is 0. The molecule has 4 nitrogen and oxygen atoms in total. The minimum absolute atomic E-state index is 0.137. The molecule has 2 heterocycles. The zero-order valence-corrected chi connectivity index (χ0v) is 12.4. The highest BCUT2D eigenvalue weighted by Crippen LogP contribution is 2.42. The fraction of sp³-hybridized carbons (Fsp3) is 0.400. The lowest BCUT2D eigenvalue weighted by atomic mass is 10.0. The van der Waals surface area contributed by atoms with Crippen molar-refractivity contribution in [3.63, 3.8) is 0 Å². The number of aryl methyl sites for hydroxylation is 1. The van der Waals surface area contributed by atoms with Gasteiger partial charge in [-0.25, -0.2) is 0 Å². The fourth-order valence-electron chi connectivity index (χ4n) is 2.70. The van der Waals surface area contributed by atoms with E-state index in [2.05, 4.69) is 47.9 Å². The summed E-state index contributed by atoms with van der Waals surface area (Å²) in [6.45, 7) is 3.11. The summed E-state index contributed by atoms with van der Waals surface area (Å²) in [4.78, 5) is 1.37. The Balaban J connectivity index is 1.77. The van der Waals surface area contributed by atoms with Crippen LogP contribution >= 0.6 is 11.8 Å². The molecule has 0 saturated carbocycles. The maximum absolute atomic E-state index is 5.80. The lowest BCUT2D eigenvalue weighted by Crippen LogP contribution is -2.34. The maximum Gasteiger partial charge on any atom is 0.0616 e. The number of hydrogen-bond acceptors (Lipinski definition) is 4. The van der Waals surface area contributed by atoms with Gasteiger partial charge in [-0.05, 0) is 24.5 Å². The summed E-state index contributed by atoms with van der Waals surface area (Å²) in [5.74, 6) is 5.80. The van der Waals surface area contributed by atoms with Crippen molar-refractivity contribution in [3.05, 3.63) is 47.8 Å². The van der Waals surface area contributed by atoms with Crippen LogP contribution in [0.2, 0.25) is 0 Å². The standard InChI is InChI=1S/C15H20N4S/c1-2-7-19-10-12(9-17-19)15(18-16)14-8-11-5-3-4-6-13(11)20-14/h3-6,9-10,14-15,18H,2,7-8,16H2,1H3. The number of thioether (sulfide) groups is 1. The van der Waals surface area contributed by atoms with Crippen LogP contribution in [0.4, 0.5) is 0 Å². The molecule has 2 aromatic rings. The van der Waals surface area contributed by atoms with Crippen LogP contribution in [0.1, 0.15) is 30.5 Å². The van der Waals surface area contributed by atoms with Crippen molar-refractivity contribution >= 4 is 11.8 Å². The highest BCUT2D eigenvalue weighted by Gasteiger charge is 2.30. The van der Waals surface area contributed by atoms with Crippen LogP contribution in [0, 0.1) is 0 Å². The van der Waals surface area contributed by atoms with Crippen molar-refractivity contribution in [1.29, 1.82) is 0 Å². The van der Waals surface area contributed by atoms with Crippen LogP contribution in [0.15, 0.2) is 41.6 Å². The zero-order chi connectivity index (χ0) is 13.9. The molecule has 3 N–H and O–H groups in total. The van der Waals surface area contributed by atoms with Gasteiger partial charge in [-0.3, -0.25) is 16.0 Å². The van der Waals surface area contributed by atoms with E-state index in [0.717, 1.165) is 19.4 Å². The lowest BCUT2D eigenvalue weighted by molar-refractivity contribution is 0.531. The quantitative estimate of drug-likeness (QED) is 0.656. The molecule has 0 fully saturated rings. The van der Waals surface area contributed by atoms with Gasteiger partial charge in [-0.1, -0.05) is 25.1 Å². The Hall–Kier alpha value is -1.30. The van der Waals surface area contributed by atoms with Crippen molar-refractivity contribution in [2.24, 2.45) is 5.84 Å². The molecule has 0 amide bonds. The monoisotopic (exact) mass is 288 g/mol. The Bertz CT molecular complexity index is 556. The van der Waals surface area contributed by atoms with E-state index in [9.17, 15) is 0 Å². The molecule has 0 aliphatic carbocycles. The van der Waals surface area contributed by atoms with E-state index in [1.165, 1.54) is 16.0 Å². The van der Waals surface area contributed by atoms with Gasteiger partial charge in [0.05, 0.1) is 12.2 Å². The SMILES string of the molecule is CCCn1cc(C(NN)C2Cc3ccccc3S2)cn1. The van der Waals surface area contributed by atoms with Crippen molar-refractivity contribution in [3.8, 4) is 0 Å². The molecule has 1 aromatic heterocycles. The largest absolute Gasteiger partial charge is 0.272 e. The fourth-order valence-corrected chi connectivity index (χ4v) is 4.13. The minimum atomic E-state index is 0.137. The Morgan fingerprint density at radius 3 is 3.10 bits per heavy atom. The molecule has 2 atom stereocenters. The van der Waals surface area contributed by atoms with E-state index >= 15 is 0 Å². The highest BCUT2D eigenvalue weighted by molar-refractivity contribution is 8.00. The number of fused-ring (bicyclic) bond motifs is 1. The van der Waals surface area contributed by atoms with Gasteiger partial charge < -0.3 is 0 Å². The van der Waals surface area contributed by atoms with E-state index in [1.54, 1.807) is 0 Å². The van der Waals surface area contributed by atoms with Crippen LogP contribution in [-0.2, 0) is 13.0 Å². The van der Waals surface area contributed by atoms with Crippen molar-refractivity contribution < 1.29 is 0 Å². The number of nitrogens with zero attached hydrogens (tertiary/aromatic N) is 2. The Labute approximate surface area is 123 Å². The third-order valence-corrected chi connectivity index (χ3v) is 5.08. The Kier molecular flexibility index (Phi) is 4.10. The van der Waals surface area contributed by atoms with Crippen LogP contribution in [-0.4, -0.2) is 15.0 Å². The van der Waals surface area contributed by atoms with E-state index in [0.29, 0.717) is 5.25 Å². The molecule has 3 rings (SSSR count). The summed E-state index contributed by atoms with van der Waals surface area (Å²) in [6.07, 6.45) is 6.18. The number of benzene rings is 1. The summed E-state index contributed by atoms with van der Waals surface area (Å²) < 4.78 is 1.99. The van der Waals surface area contributed by atoms with E-state index in [4.69, 9.17) is 5.84 Å². The summed E-state index contributed by atoms with van der Waals surface area (Å²) in [5.41, 5.74) is 5.57. The van der Waals surface area contributed by atoms with Gasteiger partial charge in [-0.15, -0.1) is 11.8 Å². The predicted octanol–water partition coefficient (Wildman–Crippen LogP) is 2.51. The smallest absolute Gasteiger partial charge is 0.0616 e. The zero-order valence-electron chi connectivity index (χ0n) is 11.6. The Morgan fingerprint density at radius 1 is 1.50 bits per heavy atom. The van der Waals surface area contributed by atoms with E-state index < -0.39 is 0 Å². The molecule has 0 saturated heterocycles. The molecule has 0 spiro atoms. The van der Waals surface area contributed by atoms with E-state index in [-0.39, 0.29) is 6.04 Å². The number of aromatic nitrogens is 2. The first-order valence-electron chi connectivity index (χ1n) is 7.05. The number of hydrazine groups is 1. The summed E-state index contributed by atoms with van der Waals surface area (Å²) >= 11 is 1.91. The molecule has 1 aromatic carbocycles. The van der Waals surface area contributed by atoms with Gasteiger partial charge in [0, 0.05) is 28.5 Å². The van der Waals surface area contributed by atoms with Gasteiger partial charge in [0.2, 0.25) is 0 Å². The summed E-state index contributed by atoms with van der Waals surface area (Å²) in [5, 5.41) is 4.83.